The SMILES string of the molecule is CC[C@@H](NC(=O)Cc1cnccn1)c1nc(C)no1. The molecule has 0 aliphatic carbocycles. The average Bonchev–Trinajstić information content (AvgIpc) is 2.83. The normalized spacial score (nSPS) is 12.1. The van der Waals surface area contributed by atoms with Crippen LogP contribution in [0.4, 0.5) is 0 Å². The standard InChI is InChI=1S/C12H15N5O2/c1-3-10(12-15-8(2)17-19-12)16-11(18)6-9-7-13-4-5-14-9/h4-5,7,10H,3,6H2,1-2H3,(H,16,18)/t10-/m1/s1. The Bertz CT molecular complexity index is 540. The first-order valence-electron chi connectivity index (χ1n) is 6.03. The van der Waals surface area contributed by atoms with E-state index in [1.807, 2.05) is 6.92 Å². The van der Waals surface area contributed by atoms with Crippen LogP contribution in [0.3, 0.4) is 0 Å². The Morgan fingerprint density at radius 3 is 2.89 bits per heavy atom. The molecule has 7 nitrogen and oxygen atoms in total. The Labute approximate surface area is 110 Å². The zero-order valence-electron chi connectivity index (χ0n) is 10.8. The smallest absolute Gasteiger partial charge is 0.249 e. The molecule has 0 fully saturated rings. The van der Waals surface area contributed by atoms with Gasteiger partial charge in [0.15, 0.2) is 5.82 Å². The lowest BCUT2D eigenvalue weighted by atomic mass is 10.2. The fraction of sp³-hybridized carbons (Fsp3) is 0.417. The summed E-state index contributed by atoms with van der Waals surface area (Å²) in [6.45, 7) is 3.67. The Kier molecular flexibility index (Phi) is 4.17. The first-order valence-corrected chi connectivity index (χ1v) is 6.03. The largest absolute Gasteiger partial charge is 0.344 e. The van der Waals surface area contributed by atoms with Gasteiger partial charge in [-0.2, -0.15) is 4.98 Å². The third kappa shape index (κ3) is 3.57. The molecule has 0 bridgehead atoms. The molecule has 0 saturated carbocycles. The molecular formula is C12H15N5O2. The molecule has 2 rings (SSSR count). The quantitative estimate of drug-likeness (QED) is 0.862. The van der Waals surface area contributed by atoms with Crippen LogP contribution in [0.5, 0.6) is 0 Å². The van der Waals surface area contributed by atoms with Crippen molar-refractivity contribution in [2.24, 2.45) is 0 Å². The van der Waals surface area contributed by atoms with Crippen LogP contribution in [0, 0.1) is 6.92 Å². The second kappa shape index (κ2) is 6.03. The molecule has 0 aliphatic heterocycles. The van der Waals surface area contributed by atoms with Crippen molar-refractivity contribution in [3.63, 3.8) is 0 Å². The monoisotopic (exact) mass is 261 g/mol. The maximum atomic E-state index is 11.9. The molecule has 0 unspecified atom stereocenters. The predicted molar refractivity (Wildman–Crippen MR) is 65.9 cm³/mol. The maximum Gasteiger partial charge on any atom is 0.249 e. The van der Waals surface area contributed by atoms with Gasteiger partial charge in [0.25, 0.3) is 0 Å². The summed E-state index contributed by atoms with van der Waals surface area (Å²) in [5, 5.41) is 6.56. The topological polar surface area (TPSA) is 93.8 Å². The Morgan fingerprint density at radius 1 is 1.47 bits per heavy atom. The molecule has 0 aliphatic rings. The van der Waals surface area contributed by atoms with E-state index in [1.165, 1.54) is 0 Å². The maximum absolute atomic E-state index is 11.9. The second-order valence-electron chi connectivity index (χ2n) is 4.08. The summed E-state index contributed by atoms with van der Waals surface area (Å²) in [6, 6.07) is -0.273. The van der Waals surface area contributed by atoms with Crippen molar-refractivity contribution in [3.05, 3.63) is 36.0 Å². The fourth-order valence-corrected chi connectivity index (χ4v) is 1.62. The lowest BCUT2D eigenvalue weighted by Crippen LogP contribution is -2.30. The van der Waals surface area contributed by atoms with Crippen LogP contribution in [0.15, 0.2) is 23.1 Å². The number of nitrogens with zero attached hydrogens (tertiary/aromatic N) is 4. The summed E-state index contributed by atoms with van der Waals surface area (Å²) in [5.74, 6) is 0.826. The zero-order valence-corrected chi connectivity index (χ0v) is 10.8. The molecule has 1 N–H and O–H groups in total. The van der Waals surface area contributed by atoms with E-state index in [4.69, 9.17) is 4.52 Å². The van der Waals surface area contributed by atoms with Crippen molar-refractivity contribution < 1.29 is 9.32 Å². The van der Waals surface area contributed by atoms with Crippen LogP contribution in [0.25, 0.3) is 0 Å². The number of carbonyl (C=O) groups is 1. The lowest BCUT2D eigenvalue weighted by molar-refractivity contribution is -0.121. The van der Waals surface area contributed by atoms with Crippen molar-refractivity contribution in [2.45, 2.75) is 32.7 Å². The van der Waals surface area contributed by atoms with E-state index in [2.05, 4.69) is 25.4 Å². The van der Waals surface area contributed by atoms with Gasteiger partial charge in [-0.05, 0) is 13.3 Å². The fourth-order valence-electron chi connectivity index (χ4n) is 1.62. The number of nitrogens with one attached hydrogen (secondary N) is 1. The number of carbonyl (C=O) groups excluding carboxylic acids is 1. The minimum atomic E-state index is -0.273. The number of aryl methyl sites for hydroxylation is 1. The van der Waals surface area contributed by atoms with Gasteiger partial charge in [-0.1, -0.05) is 12.1 Å². The van der Waals surface area contributed by atoms with Crippen molar-refractivity contribution in [3.8, 4) is 0 Å². The molecule has 7 heteroatoms. The second-order valence-corrected chi connectivity index (χ2v) is 4.08. The summed E-state index contributed by atoms with van der Waals surface area (Å²) in [4.78, 5) is 24.0. The molecule has 2 heterocycles. The van der Waals surface area contributed by atoms with Crippen molar-refractivity contribution in [2.75, 3.05) is 0 Å². The Balaban J connectivity index is 1.97. The molecule has 1 amide bonds. The van der Waals surface area contributed by atoms with Gasteiger partial charge in [-0.3, -0.25) is 14.8 Å². The van der Waals surface area contributed by atoms with Crippen molar-refractivity contribution >= 4 is 5.91 Å². The van der Waals surface area contributed by atoms with Gasteiger partial charge in [0.05, 0.1) is 12.1 Å². The summed E-state index contributed by atoms with van der Waals surface area (Å²) >= 11 is 0. The minimum absolute atomic E-state index is 0.150. The van der Waals surface area contributed by atoms with Gasteiger partial charge in [0.2, 0.25) is 11.8 Å². The molecule has 0 spiro atoms. The summed E-state index contributed by atoms with van der Waals surface area (Å²) in [7, 11) is 0. The van der Waals surface area contributed by atoms with Gasteiger partial charge in [0, 0.05) is 18.6 Å². The van der Waals surface area contributed by atoms with Gasteiger partial charge < -0.3 is 9.84 Å². The number of rotatable bonds is 5. The third-order valence-corrected chi connectivity index (χ3v) is 2.54. The van der Waals surface area contributed by atoms with E-state index in [1.54, 1.807) is 25.5 Å². The molecule has 2 aromatic rings. The molecule has 19 heavy (non-hydrogen) atoms. The molecule has 2 aromatic heterocycles. The average molecular weight is 261 g/mol. The van der Waals surface area contributed by atoms with Crippen LogP contribution in [-0.2, 0) is 11.2 Å². The zero-order chi connectivity index (χ0) is 13.7. The summed E-state index contributed by atoms with van der Waals surface area (Å²) < 4.78 is 5.06. The van der Waals surface area contributed by atoms with E-state index >= 15 is 0 Å². The highest BCUT2D eigenvalue weighted by Gasteiger charge is 2.18. The molecule has 100 valence electrons. The molecule has 0 aromatic carbocycles. The highest BCUT2D eigenvalue weighted by molar-refractivity contribution is 5.78. The Morgan fingerprint density at radius 2 is 2.32 bits per heavy atom. The van der Waals surface area contributed by atoms with E-state index in [0.29, 0.717) is 23.8 Å². The third-order valence-electron chi connectivity index (χ3n) is 2.54. The van der Waals surface area contributed by atoms with Crippen LogP contribution in [0.1, 0.15) is 36.8 Å². The van der Waals surface area contributed by atoms with Crippen LogP contribution in [0.2, 0.25) is 0 Å². The van der Waals surface area contributed by atoms with Crippen molar-refractivity contribution in [1.82, 2.24) is 25.4 Å². The molecule has 0 radical (unpaired) electrons. The number of aromatic nitrogens is 4. The first kappa shape index (κ1) is 13.1. The molecule has 0 saturated heterocycles. The van der Waals surface area contributed by atoms with E-state index in [9.17, 15) is 4.79 Å². The lowest BCUT2D eigenvalue weighted by Gasteiger charge is -2.12. The van der Waals surface area contributed by atoms with Gasteiger partial charge in [0.1, 0.15) is 6.04 Å². The minimum Gasteiger partial charge on any atom is -0.344 e. The molecule has 1 atom stereocenters. The number of hydrogen-bond donors (Lipinski definition) is 1. The highest BCUT2D eigenvalue weighted by atomic mass is 16.5. The van der Waals surface area contributed by atoms with Gasteiger partial charge >= 0.3 is 0 Å². The van der Waals surface area contributed by atoms with Crippen LogP contribution in [-0.4, -0.2) is 26.0 Å². The van der Waals surface area contributed by atoms with E-state index in [-0.39, 0.29) is 18.4 Å². The van der Waals surface area contributed by atoms with Gasteiger partial charge in [-0.25, -0.2) is 0 Å². The van der Waals surface area contributed by atoms with Crippen molar-refractivity contribution in [1.29, 1.82) is 0 Å². The van der Waals surface area contributed by atoms with E-state index in [0.717, 1.165) is 0 Å². The number of amides is 1. The number of hydrogen-bond acceptors (Lipinski definition) is 6. The van der Waals surface area contributed by atoms with Crippen LogP contribution < -0.4 is 5.32 Å². The summed E-state index contributed by atoms with van der Waals surface area (Å²) in [6.07, 6.45) is 5.54. The van der Waals surface area contributed by atoms with Crippen LogP contribution >= 0.6 is 0 Å². The first-order chi connectivity index (χ1) is 9.19. The Hall–Kier alpha value is -2.31. The van der Waals surface area contributed by atoms with Gasteiger partial charge in [-0.15, -0.1) is 0 Å². The highest BCUT2D eigenvalue weighted by Crippen LogP contribution is 2.14. The van der Waals surface area contributed by atoms with E-state index < -0.39 is 0 Å². The summed E-state index contributed by atoms with van der Waals surface area (Å²) in [5.41, 5.74) is 0.622. The predicted octanol–water partition coefficient (Wildman–Crippen LogP) is 0.978. The molecular weight excluding hydrogens is 246 g/mol.